The summed E-state index contributed by atoms with van der Waals surface area (Å²) in [6, 6.07) is 22.2. The molecule has 0 aliphatic rings. The maximum atomic E-state index is 11.2. The summed E-state index contributed by atoms with van der Waals surface area (Å²) in [5.41, 5.74) is 3.86. The first kappa shape index (κ1) is 34.0. The van der Waals surface area contributed by atoms with E-state index in [1.54, 1.807) is 50.2 Å². The molecule has 0 atom stereocenters. The van der Waals surface area contributed by atoms with Crippen LogP contribution < -0.4 is 0 Å². The van der Waals surface area contributed by atoms with Gasteiger partial charge >= 0.3 is 0 Å². The number of hydrogen-bond acceptors (Lipinski definition) is 7. The van der Waals surface area contributed by atoms with Crippen molar-refractivity contribution in [2.45, 2.75) is 48.5 Å². The summed E-state index contributed by atoms with van der Waals surface area (Å²) >= 11 is 0. The molecule has 0 radical (unpaired) electrons. The topological polar surface area (TPSA) is 119 Å². The highest BCUT2D eigenvalue weighted by molar-refractivity contribution is 6.05. The molecule has 0 spiro atoms. The Morgan fingerprint density at radius 3 is 0.698 bits per heavy atom. The number of carbonyl (C=O) groups excluding carboxylic acids is 7. The van der Waals surface area contributed by atoms with E-state index in [9.17, 15) is 33.6 Å². The molecule has 4 rings (SSSR count). The Bertz CT molecular complexity index is 1580. The Morgan fingerprint density at radius 2 is 0.488 bits per heavy atom. The summed E-state index contributed by atoms with van der Waals surface area (Å²) in [5.74, 6) is -0.313. The maximum Gasteiger partial charge on any atom is 0.159 e. The van der Waals surface area contributed by atoms with Crippen molar-refractivity contribution in [2.24, 2.45) is 0 Å². The van der Waals surface area contributed by atoms with E-state index in [0.29, 0.717) is 38.9 Å². The predicted molar refractivity (Wildman–Crippen MR) is 167 cm³/mol. The number of hydrogen-bond donors (Lipinski definition) is 0. The minimum atomic E-state index is -0.152. The molecule has 0 saturated heterocycles. The van der Waals surface area contributed by atoms with E-state index in [1.807, 2.05) is 24.3 Å². The standard InChI is InChI=1S/C14H12O2.C12H12O3.C10H10O2/c1-9(15)11-3-5-14-8-12(10(2)16)4-6-13(14)7-11;1-7(13)10-4-11(8(2)14)6-12(5-10)9(3)15;1-7(11)9-3-5-10(6-4-9)8(2)12/h3-8H,1-2H3;4-6H,1-3H3;3-6H,1-2H3. The molecule has 0 amide bonds. The van der Waals surface area contributed by atoms with Crippen LogP contribution in [0.2, 0.25) is 0 Å². The third kappa shape index (κ3) is 10.0. The lowest BCUT2D eigenvalue weighted by atomic mass is 10.00. The van der Waals surface area contributed by atoms with Crippen molar-refractivity contribution in [2.75, 3.05) is 0 Å². The van der Waals surface area contributed by atoms with Crippen LogP contribution in [0.1, 0.15) is 121 Å². The van der Waals surface area contributed by atoms with Crippen LogP contribution in [0.15, 0.2) is 78.9 Å². The third-order valence-corrected chi connectivity index (χ3v) is 6.50. The van der Waals surface area contributed by atoms with Gasteiger partial charge in [-0.25, -0.2) is 0 Å². The fourth-order valence-corrected chi connectivity index (χ4v) is 3.86. The van der Waals surface area contributed by atoms with Gasteiger partial charge in [0.25, 0.3) is 0 Å². The smallest absolute Gasteiger partial charge is 0.159 e. The summed E-state index contributed by atoms with van der Waals surface area (Å²) in [7, 11) is 0. The van der Waals surface area contributed by atoms with Crippen LogP contribution in [0.5, 0.6) is 0 Å². The van der Waals surface area contributed by atoms with Crippen molar-refractivity contribution in [1.82, 2.24) is 0 Å². The second-order valence-electron chi connectivity index (χ2n) is 10.0. The van der Waals surface area contributed by atoms with Crippen LogP contribution in [0, 0.1) is 0 Å². The fourth-order valence-electron chi connectivity index (χ4n) is 3.86. The molecule has 0 aromatic heterocycles. The lowest BCUT2D eigenvalue weighted by molar-refractivity contribution is 0.0996. The second-order valence-corrected chi connectivity index (χ2v) is 10.0. The van der Waals surface area contributed by atoms with Gasteiger partial charge < -0.3 is 0 Å². The van der Waals surface area contributed by atoms with Gasteiger partial charge in [0.05, 0.1) is 0 Å². The number of carbonyl (C=O) groups is 7. The van der Waals surface area contributed by atoms with Gasteiger partial charge in [-0.3, -0.25) is 33.6 Å². The largest absolute Gasteiger partial charge is 0.295 e. The number of fused-ring (bicyclic) bond motifs is 1. The van der Waals surface area contributed by atoms with Crippen LogP contribution in [0.25, 0.3) is 10.8 Å². The zero-order valence-corrected chi connectivity index (χ0v) is 25.4. The average molecular weight is 579 g/mol. The molecule has 4 aromatic carbocycles. The van der Waals surface area contributed by atoms with Crippen LogP contribution in [-0.2, 0) is 0 Å². The van der Waals surface area contributed by atoms with Gasteiger partial charge in [0.15, 0.2) is 40.5 Å². The molecule has 0 bridgehead atoms. The Labute approximate surface area is 250 Å². The first-order chi connectivity index (χ1) is 20.1. The zero-order valence-electron chi connectivity index (χ0n) is 25.4. The predicted octanol–water partition coefficient (Wildman–Crippen LogP) is 7.63. The third-order valence-electron chi connectivity index (χ3n) is 6.50. The molecule has 4 aromatic rings. The highest BCUT2D eigenvalue weighted by atomic mass is 16.1. The Balaban J connectivity index is 0.000000228. The van der Waals surface area contributed by atoms with Crippen molar-refractivity contribution < 1.29 is 33.6 Å². The van der Waals surface area contributed by atoms with E-state index in [-0.39, 0.29) is 40.5 Å². The summed E-state index contributed by atoms with van der Waals surface area (Å²) in [6.45, 7) is 10.3. The van der Waals surface area contributed by atoms with Crippen LogP contribution in [-0.4, -0.2) is 40.5 Å². The lowest BCUT2D eigenvalue weighted by Crippen LogP contribution is -2.03. The second kappa shape index (κ2) is 15.2. The van der Waals surface area contributed by atoms with E-state index in [1.165, 1.54) is 52.8 Å². The molecule has 0 aliphatic heterocycles. The summed E-state index contributed by atoms with van der Waals surface area (Å²) < 4.78 is 0. The van der Waals surface area contributed by atoms with Gasteiger partial charge in [0.2, 0.25) is 0 Å². The summed E-state index contributed by atoms with van der Waals surface area (Å²) in [4.78, 5) is 77.6. The monoisotopic (exact) mass is 578 g/mol. The van der Waals surface area contributed by atoms with Gasteiger partial charge in [0, 0.05) is 38.9 Å². The van der Waals surface area contributed by atoms with Crippen molar-refractivity contribution >= 4 is 51.3 Å². The lowest BCUT2D eigenvalue weighted by Gasteiger charge is -2.03. The molecule has 220 valence electrons. The van der Waals surface area contributed by atoms with E-state index < -0.39 is 0 Å². The van der Waals surface area contributed by atoms with Crippen LogP contribution in [0.3, 0.4) is 0 Å². The number of ketones is 7. The summed E-state index contributed by atoms with van der Waals surface area (Å²) in [5, 5.41) is 1.97. The van der Waals surface area contributed by atoms with E-state index >= 15 is 0 Å². The molecular weight excluding hydrogens is 544 g/mol. The molecule has 0 fully saturated rings. The minimum absolute atomic E-state index is 0.0186. The molecular formula is C36H34O7. The molecule has 0 aliphatic carbocycles. The van der Waals surface area contributed by atoms with Crippen molar-refractivity contribution in [3.05, 3.63) is 118 Å². The molecule has 0 heterocycles. The number of Topliss-reactive ketones (excluding diaryl/α,β-unsaturated/α-hetero) is 7. The SMILES string of the molecule is CC(=O)c1cc(C(C)=O)cc(C(C)=O)c1.CC(=O)c1ccc(C(C)=O)cc1.CC(=O)c1ccc2cc(C(C)=O)ccc2c1. The average Bonchev–Trinajstić information content (AvgIpc) is 2.96. The molecule has 0 unspecified atom stereocenters. The van der Waals surface area contributed by atoms with E-state index in [2.05, 4.69) is 0 Å². The first-order valence-corrected chi connectivity index (χ1v) is 13.5. The fraction of sp³-hybridized carbons (Fsp3) is 0.194. The van der Waals surface area contributed by atoms with Crippen LogP contribution in [0.4, 0.5) is 0 Å². The van der Waals surface area contributed by atoms with Crippen molar-refractivity contribution in [3.8, 4) is 0 Å². The quantitative estimate of drug-likeness (QED) is 0.207. The Morgan fingerprint density at radius 1 is 0.279 bits per heavy atom. The Kier molecular flexibility index (Phi) is 12.0. The van der Waals surface area contributed by atoms with Crippen molar-refractivity contribution in [1.29, 1.82) is 0 Å². The Hall–Kier alpha value is -5.17. The molecule has 0 saturated carbocycles. The number of rotatable bonds is 7. The van der Waals surface area contributed by atoms with E-state index in [0.717, 1.165) is 10.8 Å². The summed E-state index contributed by atoms with van der Waals surface area (Å²) in [6.07, 6.45) is 0. The zero-order chi connectivity index (χ0) is 32.4. The number of benzene rings is 4. The molecule has 7 nitrogen and oxygen atoms in total. The normalized spacial score (nSPS) is 9.93. The molecule has 43 heavy (non-hydrogen) atoms. The van der Waals surface area contributed by atoms with Crippen molar-refractivity contribution in [3.63, 3.8) is 0 Å². The van der Waals surface area contributed by atoms with Gasteiger partial charge in [-0.05, 0) is 89.6 Å². The maximum absolute atomic E-state index is 11.2. The van der Waals surface area contributed by atoms with Gasteiger partial charge in [0.1, 0.15) is 0 Å². The highest BCUT2D eigenvalue weighted by Crippen LogP contribution is 2.19. The van der Waals surface area contributed by atoms with Gasteiger partial charge in [-0.1, -0.05) is 48.5 Å². The molecule has 7 heteroatoms. The van der Waals surface area contributed by atoms with E-state index in [4.69, 9.17) is 0 Å². The first-order valence-electron chi connectivity index (χ1n) is 13.5. The van der Waals surface area contributed by atoms with Crippen LogP contribution >= 0.6 is 0 Å². The minimum Gasteiger partial charge on any atom is -0.295 e. The highest BCUT2D eigenvalue weighted by Gasteiger charge is 2.10. The molecule has 0 N–H and O–H groups in total. The van der Waals surface area contributed by atoms with Gasteiger partial charge in [-0.2, -0.15) is 0 Å². The van der Waals surface area contributed by atoms with Gasteiger partial charge in [-0.15, -0.1) is 0 Å².